The molecule has 3 atom stereocenters. The Bertz CT molecular complexity index is 1380. The first-order chi connectivity index (χ1) is 21.8. The minimum absolute atomic E-state index is 0.0399. The molecule has 0 bridgehead atoms. The van der Waals surface area contributed by atoms with E-state index >= 15 is 0 Å². The Morgan fingerprint density at radius 3 is 2.53 bits per heavy atom. The summed E-state index contributed by atoms with van der Waals surface area (Å²) in [6, 6.07) is 13.8. The van der Waals surface area contributed by atoms with Crippen molar-refractivity contribution in [2.45, 2.75) is 71.0 Å². The van der Waals surface area contributed by atoms with E-state index in [4.69, 9.17) is 23.7 Å². The highest BCUT2D eigenvalue weighted by molar-refractivity contribution is 6.07. The predicted octanol–water partition coefficient (Wildman–Crippen LogP) is 6.09. The SMILES string of the molecule is COC(=O)C1C(C)=NC(C)=C(C(=O)OCCCOc2ccc(CCCCOC3CCCCO3)cc2)C1c1cccc([N+](=O)[O-])c1. The largest absolute Gasteiger partial charge is 0.493 e. The summed E-state index contributed by atoms with van der Waals surface area (Å²) >= 11 is 0. The van der Waals surface area contributed by atoms with E-state index in [0.717, 1.165) is 44.5 Å². The van der Waals surface area contributed by atoms with Crippen LogP contribution in [0.25, 0.3) is 0 Å². The number of unbranched alkanes of at least 4 members (excludes halogenated alkanes) is 1. The minimum Gasteiger partial charge on any atom is -0.493 e. The van der Waals surface area contributed by atoms with E-state index in [-0.39, 0.29) is 24.2 Å². The average Bonchev–Trinajstić information content (AvgIpc) is 3.04. The molecule has 0 N–H and O–H groups in total. The highest BCUT2D eigenvalue weighted by Crippen LogP contribution is 2.41. The summed E-state index contributed by atoms with van der Waals surface area (Å²) in [5.41, 5.74) is 2.50. The van der Waals surface area contributed by atoms with Crippen LogP contribution in [0.15, 0.2) is 64.8 Å². The van der Waals surface area contributed by atoms with Gasteiger partial charge < -0.3 is 23.7 Å². The lowest BCUT2D eigenvalue weighted by Gasteiger charge is -2.31. The summed E-state index contributed by atoms with van der Waals surface area (Å²) in [6.45, 7) is 5.25. The number of hydrogen-bond donors (Lipinski definition) is 0. The highest BCUT2D eigenvalue weighted by atomic mass is 16.7. The molecule has 2 aliphatic heterocycles. The van der Waals surface area contributed by atoms with E-state index < -0.39 is 28.7 Å². The second-order valence-electron chi connectivity index (χ2n) is 11.2. The second kappa shape index (κ2) is 16.8. The van der Waals surface area contributed by atoms with Gasteiger partial charge in [-0.1, -0.05) is 24.3 Å². The van der Waals surface area contributed by atoms with Gasteiger partial charge in [-0.2, -0.15) is 0 Å². The van der Waals surface area contributed by atoms with Crippen molar-refractivity contribution >= 4 is 23.3 Å². The molecule has 4 rings (SSSR count). The first-order valence-electron chi connectivity index (χ1n) is 15.5. The standard InChI is InChI=1S/C34H42N2O9/c1-23-30(33(37)41-3)32(26-11-8-12-27(22-26)36(39)40)31(24(2)35-23)34(38)45-21-9-20-42-28-16-14-25(15-17-28)10-4-6-18-43-29-13-5-7-19-44-29/h8,11-12,14-17,22,29-30,32H,4-7,9-10,13,18-21H2,1-3H3. The lowest BCUT2D eigenvalue weighted by molar-refractivity contribution is -0.384. The molecule has 11 nitrogen and oxygen atoms in total. The molecule has 1 fully saturated rings. The van der Waals surface area contributed by atoms with Gasteiger partial charge in [0.15, 0.2) is 6.29 Å². The summed E-state index contributed by atoms with van der Waals surface area (Å²) in [5, 5.41) is 11.5. The number of benzene rings is 2. The molecular formula is C34H42N2O9. The number of aliphatic imine (C=N–C) groups is 1. The Morgan fingerprint density at radius 2 is 1.82 bits per heavy atom. The molecule has 1 saturated heterocycles. The van der Waals surface area contributed by atoms with Crippen LogP contribution in [-0.2, 0) is 35.0 Å². The van der Waals surface area contributed by atoms with Gasteiger partial charge in [0.05, 0.1) is 30.8 Å². The van der Waals surface area contributed by atoms with Gasteiger partial charge >= 0.3 is 11.9 Å². The summed E-state index contributed by atoms with van der Waals surface area (Å²) in [5.74, 6) is -2.29. The Balaban J connectivity index is 1.26. The first-order valence-corrected chi connectivity index (χ1v) is 15.5. The van der Waals surface area contributed by atoms with Gasteiger partial charge in [0, 0.05) is 49.1 Å². The number of carbonyl (C=O) groups excluding carboxylic acids is 2. The van der Waals surface area contributed by atoms with Gasteiger partial charge in [0.25, 0.3) is 5.69 Å². The van der Waals surface area contributed by atoms with Crippen LogP contribution >= 0.6 is 0 Å². The second-order valence-corrected chi connectivity index (χ2v) is 11.2. The number of allylic oxidation sites excluding steroid dienone is 1. The molecule has 0 spiro atoms. The number of methoxy groups -OCH3 is 1. The molecular weight excluding hydrogens is 580 g/mol. The zero-order chi connectivity index (χ0) is 32.2. The van der Waals surface area contributed by atoms with Crippen LogP contribution in [0.4, 0.5) is 5.69 Å². The normalized spacial score (nSPS) is 19.9. The van der Waals surface area contributed by atoms with Gasteiger partial charge in [0.2, 0.25) is 0 Å². The number of nitro groups is 1. The third-order valence-electron chi connectivity index (χ3n) is 7.96. The summed E-state index contributed by atoms with van der Waals surface area (Å²) in [7, 11) is 1.25. The van der Waals surface area contributed by atoms with Crippen LogP contribution in [0.1, 0.15) is 69.4 Å². The fourth-order valence-electron chi connectivity index (χ4n) is 5.66. The van der Waals surface area contributed by atoms with Crippen molar-refractivity contribution in [3.05, 3.63) is 81.0 Å². The molecule has 2 aliphatic rings. The van der Waals surface area contributed by atoms with Crippen LogP contribution in [0.5, 0.6) is 5.75 Å². The molecule has 11 heteroatoms. The van der Waals surface area contributed by atoms with Crippen LogP contribution in [0.2, 0.25) is 0 Å². The summed E-state index contributed by atoms with van der Waals surface area (Å²) in [4.78, 5) is 41.5. The van der Waals surface area contributed by atoms with Crippen LogP contribution in [0, 0.1) is 16.0 Å². The molecule has 0 saturated carbocycles. The zero-order valence-electron chi connectivity index (χ0n) is 26.2. The number of ether oxygens (including phenoxy) is 5. The van der Waals surface area contributed by atoms with E-state index in [9.17, 15) is 19.7 Å². The lowest BCUT2D eigenvalue weighted by atomic mass is 9.75. The Labute approximate surface area is 263 Å². The molecule has 242 valence electrons. The highest BCUT2D eigenvalue weighted by Gasteiger charge is 2.42. The minimum atomic E-state index is -0.931. The van der Waals surface area contributed by atoms with Gasteiger partial charge in [-0.05, 0) is 75.6 Å². The lowest BCUT2D eigenvalue weighted by Crippen LogP contribution is -2.36. The monoisotopic (exact) mass is 622 g/mol. The van der Waals surface area contributed by atoms with E-state index in [1.165, 1.54) is 37.3 Å². The van der Waals surface area contributed by atoms with Crippen molar-refractivity contribution in [1.82, 2.24) is 0 Å². The third-order valence-corrected chi connectivity index (χ3v) is 7.96. The van der Waals surface area contributed by atoms with Crippen molar-refractivity contribution < 1.29 is 38.2 Å². The number of esters is 2. The van der Waals surface area contributed by atoms with E-state index in [2.05, 4.69) is 4.99 Å². The van der Waals surface area contributed by atoms with Crippen LogP contribution < -0.4 is 4.74 Å². The van der Waals surface area contributed by atoms with Crippen molar-refractivity contribution in [2.24, 2.45) is 10.9 Å². The number of nitrogens with zero attached hydrogens (tertiary/aromatic N) is 2. The topological polar surface area (TPSA) is 136 Å². The van der Waals surface area contributed by atoms with E-state index in [1.807, 2.05) is 24.3 Å². The Kier molecular flexibility index (Phi) is 12.6. The number of non-ortho nitro benzene ring substituents is 1. The van der Waals surface area contributed by atoms with Gasteiger partial charge in [-0.3, -0.25) is 19.9 Å². The fraction of sp³-hybridized carbons (Fsp3) is 0.500. The molecule has 2 aromatic rings. The maximum Gasteiger partial charge on any atom is 0.336 e. The number of nitro benzene ring substituents is 1. The number of rotatable bonds is 15. The smallest absolute Gasteiger partial charge is 0.336 e. The molecule has 0 aromatic heterocycles. The number of aryl methyl sites for hydroxylation is 1. The number of hydrogen-bond acceptors (Lipinski definition) is 10. The van der Waals surface area contributed by atoms with Crippen LogP contribution in [0.3, 0.4) is 0 Å². The fourth-order valence-corrected chi connectivity index (χ4v) is 5.66. The maximum atomic E-state index is 13.4. The van der Waals surface area contributed by atoms with Crippen molar-refractivity contribution in [1.29, 1.82) is 0 Å². The average molecular weight is 623 g/mol. The summed E-state index contributed by atoms with van der Waals surface area (Å²) < 4.78 is 27.8. The quantitative estimate of drug-likeness (QED) is 0.1000. The molecule has 45 heavy (non-hydrogen) atoms. The van der Waals surface area contributed by atoms with Gasteiger partial charge in [0.1, 0.15) is 11.7 Å². The maximum absolute atomic E-state index is 13.4. The van der Waals surface area contributed by atoms with E-state index in [0.29, 0.717) is 36.6 Å². The van der Waals surface area contributed by atoms with Gasteiger partial charge in [-0.15, -0.1) is 0 Å². The molecule has 0 aliphatic carbocycles. The third kappa shape index (κ3) is 9.45. The van der Waals surface area contributed by atoms with Crippen molar-refractivity contribution in [3.8, 4) is 5.75 Å². The Morgan fingerprint density at radius 1 is 1.02 bits per heavy atom. The molecule has 2 heterocycles. The predicted molar refractivity (Wildman–Crippen MR) is 167 cm³/mol. The van der Waals surface area contributed by atoms with Gasteiger partial charge in [-0.25, -0.2) is 4.79 Å². The zero-order valence-corrected chi connectivity index (χ0v) is 26.2. The van der Waals surface area contributed by atoms with Crippen molar-refractivity contribution in [3.63, 3.8) is 0 Å². The van der Waals surface area contributed by atoms with Crippen LogP contribution in [-0.4, -0.2) is 62.4 Å². The Hall–Kier alpha value is -4.09. The molecule has 2 aromatic carbocycles. The summed E-state index contributed by atoms with van der Waals surface area (Å²) in [6.07, 6.45) is 6.64. The molecule has 3 unspecified atom stereocenters. The molecule has 0 amide bonds. The van der Waals surface area contributed by atoms with E-state index in [1.54, 1.807) is 19.9 Å². The van der Waals surface area contributed by atoms with Crippen molar-refractivity contribution in [2.75, 3.05) is 33.5 Å². The molecule has 0 radical (unpaired) electrons. The first kappa shape index (κ1) is 33.8. The number of carbonyl (C=O) groups is 2.